The van der Waals surface area contributed by atoms with Crippen molar-refractivity contribution in [2.45, 2.75) is 31.8 Å². The van der Waals surface area contributed by atoms with Crippen LogP contribution < -0.4 is 10.1 Å². The fourth-order valence-corrected chi connectivity index (χ4v) is 6.27. The van der Waals surface area contributed by atoms with Crippen LogP contribution in [0.2, 0.25) is 5.02 Å². The van der Waals surface area contributed by atoms with Crippen LogP contribution in [-0.4, -0.2) is 60.5 Å². The van der Waals surface area contributed by atoms with Crippen molar-refractivity contribution in [3.63, 3.8) is 0 Å². The monoisotopic (exact) mass is 546 g/mol. The second-order valence-corrected chi connectivity index (χ2v) is 11.1. The molecule has 1 N–H and O–H groups in total. The molecular weight excluding hydrogens is 511 g/mol. The summed E-state index contributed by atoms with van der Waals surface area (Å²) in [5, 5.41) is 5.71. The van der Waals surface area contributed by atoms with Crippen LogP contribution in [0.3, 0.4) is 0 Å². The van der Waals surface area contributed by atoms with Gasteiger partial charge in [0, 0.05) is 61.6 Å². The van der Waals surface area contributed by atoms with Gasteiger partial charge in [0.25, 0.3) is 0 Å². The van der Waals surface area contributed by atoms with E-state index < -0.39 is 6.86 Å². The van der Waals surface area contributed by atoms with Gasteiger partial charge in [-0.05, 0) is 91.0 Å². The number of alkyl halides is 1. The second kappa shape index (κ2) is 12.1. The molecule has 39 heavy (non-hydrogen) atoms. The van der Waals surface area contributed by atoms with E-state index in [0.29, 0.717) is 11.7 Å². The van der Waals surface area contributed by atoms with Crippen molar-refractivity contribution >= 4 is 22.5 Å². The van der Waals surface area contributed by atoms with Crippen molar-refractivity contribution in [1.82, 2.24) is 19.7 Å². The van der Waals surface area contributed by atoms with Gasteiger partial charge in [0.05, 0.1) is 5.52 Å². The summed E-state index contributed by atoms with van der Waals surface area (Å²) in [5.41, 5.74) is 6.28. The number of piperazine rings is 1. The van der Waals surface area contributed by atoms with Crippen LogP contribution in [0.1, 0.15) is 35.4 Å². The molecule has 0 saturated carbocycles. The first-order valence-corrected chi connectivity index (χ1v) is 14.4. The summed E-state index contributed by atoms with van der Waals surface area (Å²) in [5.74, 6) is 1.10. The van der Waals surface area contributed by atoms with E-state index in [1.54, 1.807) is 0 Å². The molecule has 2 fully saturated rings. The van der Waals surface area contributed by atoms with E-state index in [-0.39, 0.29) is 0 Å². The standard InChI is InChI=1S/C32H36ClFN4O/c33-31-4-2-1-3-26(31)21-37-17-15-36(16-18-37)20-24-5-10-32-29(19-24)30(25-11-13-35-14-12-25)22-38(32)27-6-8-28(9-7-27)39-23-34/h1-10,19,22,25,35H,11-18,20-21,23H2. The molecule has 5 nitrogen and oxygen atoms in total. The van der Waals surface area contributed by atoms with Crippen LogP contribution in [0.15, 0.2) is 72.9 Å². The molecule has 0 spiro atoms. The topological polar surface area (TPSA) is 32.7 Å². The first-order valence-electron chi connectivity index (χ1n) is 14.0. The second-order valence-electron chi connectivity index (χ2n) is 10.7. The fraction of sp³-hybridized carbons (Fsp3) is 0.375. The molecule has 0 atom stereocenters. The molecule has 2 saturated heterocycles. The Morgan fingerprint density at radius 1 is 0.872 bits per heavy atom. The summed E-state index contributed by atoms with van der Waals surface area (Å²) in [6, 6.07) is 22.8. The van der Waals surface area contributed by atoms with Gasteiger partial charge in [0.2, 0.25) is 6.86 Å². The number of nitrogens with one attached hydrogen (secondary N) is 1. The Labute approximate surface area is 235 Å². The van der Waals surface area contributed by atoms with Gasteiger partial charge >= 0.3 is 0 Å². The van der Waals surface area contributed by atoms with E-state index in [4.69, 9.17) is 16.3 Å². The van der Waals surface area contributed by atoms with Crippen molar-refractivity contribution in [2.24, 2.45) is 0 Å². The molecule has 0 amide bonds. The number of halogens is 2. The van der Waals surface area contributed by atoms with Crippen molar-refractivity contribution in [3.8, 4) is 11.4 Å². The zero-order valence-electron chi connectivity index (χ0n) is 22.3. The fourth-order valence-electron chi connectivity index (χ4n) is 6.07. The van der Waals surface area contributed by atoms with Gasteiger partial charge in [-0.15, -0.1) is 0 Å². The quantitative estimate of drug-likeness (QED) is 0.278. The van der Waals surface area contributed by atoms with Crippen LogP contribution in [0, 0.1) is 0 Å². The number of fused-ring (bicyclic) bond motifs is 1. The molecule has 4 aromatic rings. The minimum atomic E-state index is -0.815. The molecule has 0 bridgehead atoms. The molecule has 0 unspecified atom stereocenters. The van der Waals surface area contributed by atoms with E-state index >= 15 is 0 Å². The number of benzene rings is 3. The van der Waals surface area contributed by atoms with E-state index in [2.05, 4.69) is 56.2 Å². The highest BCUT2D eigenvalue weighted by Gasteiger charge is 2.22. The predicted molar refractivity (Wildman–Crippen MR) is 157 cm³/mol. The van der Waals surface area contributed by atoms with Crippen LogP contribution in [0.25, 0.3) is 16.6 Å². The average molecular weight is 547 g/mol. The first-order chi connectivity index (χ1) is 19.2. The number of hydrogen-bond donors (Lipinski definition) is 1. The molecule has 7 heteroatoms. The van der Waals surface area contributed by atoms with Gasteiger partial charge in [0.1, 0.15) is 5.75 Å². The van der Waals surface area contributed by atoms with Crippen LogP contribution in [0.5, 0.6) is 5.75 Å². The maximum Gasteiger partial charge on any atom is 0.228 e. The van der Waals surface area contributed by atoms with Gasteiger partial charge in [-0.3, -0.25) is 9.80 Å². The molecule has 204 valence electrons. The Bertz CT molecular complexity index is 1390. The van der Waals surface area contributed by atoms with Gasteiger partial charge in [0.15, 0.2) is 0 Å². The van der Waals surface area contributed by atoms with Gasteiger partial charge in [-0.2, -0.15) is 0 Å². The maximum absolute atomic E-state index is 12.6. The number of nitrogens with zero attached hydrogens (tertiary/aromatic N) is 3. The normalized spacial score (nSPS) is 17.6. The number of hydrogen-bond acceptors (Lipinski definition) is 4. The van der Waals surface area contributed by atoms with E-state index in [1.165, 1.54) is 27.6 Å². The number of ether oxygens (including phenoxy) is 1. The summed E-state index contributed by atoms with van der Waals surface area (Å²) in [7, 11) is 0. The molecule has 2 aliphatic rings. The zero-order chi connectivity index (χ0) is 26.6. The number of rotatable bonds is 8. The zero-order valence-corrected chi connectivity index (χ0v) is 23.0. The molecule has 3 aromatic carbocycles. The molecule has 2 aliphatic heterocycles. The Hall–Kier alpha value is -2.90. The molecule has 0 radical (unpaired) electrons. The summed E-state index contributed by atoms with van der Waals surface area (Å²) < 4.78 is 19.9. The third-order valence-corrected chi connectivity index (χ3v) is 8.61. The Morgan fingerprint density at radius 3 is 2.31 bits per heavy atom. The highest BCUT2D eigenvalue weighted by Crippen LogP contribution is 2.35. The minimum Gasteiger partial charge on any atom is -0.463 e. The Morgan fingerprint density at radius 2 is 1.59 bits per heavy atom. The van der Waals surface area contributed by atoms with Crippen molar-refractivity contribution in [2.75, 3.05) is 46.1 Å². The lowest BCUT2D eigenvalue weighted by Gasteiger charge is -2.35. The lowest BCUT2D eigenvalue weighted by molar-refractivity contribution is 0.122. The van der Waals surface area contributed by atoms with Crippen LogP contribution >= 0.6 is 11.6 Å². The molecule has 3 heterocycles. The Kier molecular flexibility index (Phi) is 8.16. The van der Waals surface area contributed by atoms with Crippen molar-refractivity contribution in [1.29, 1.82) is 0 Å². The highest BCUT2D eigenvalue weighted by molar-refractivity contribution is 6.31. The van der Waals surface area contributed by atoms with Crippen LogP contribution in [0.4, 0.5) is 4.39 Å². The summed E-state index contributed by atoms with van der Waals surface area (Å²) in [6.45, 7) is 7.38. The predicted octanol–water partition coefficient (Wildman–Crippen LogP) is 6.37. The van der Waals surface area contributed by atoms with Gasteiger partial charge < -0.3 is 14.6 Å². The first kappa shape index (κ1) is 26.3. The van der Waals surface area contributed by atoms with E-state index in [9.17, 15) is 4.39 Å². The van der Waals surface area contributed by atoms with E-state index in [1.807, 2.05) is 36.4 Å². The molecule has 0 aliphatic carbocycles. The lowest BCUT2D eigenvalue weighted by atomic mass is 9.89. The Balaban J connectivity index is 1.20. The molecule has 6 rings (SSSR count). The summed E-state index contributed by atoms with van der Waals surface area (Å²) >= 11 is 6.39. The largest absolute Gasteiger partial charge is 0.463 e. The SMILES string of the molecule is FCOc1ccc(-n2cc(C3CCNCC3)c3cc(CN4CCN(Cc5ccccc5Cl)CC4)ccc32)cc1. The summed E-state index contributed by atoms with van der Waals surface area (Å²) in [4.78, 5) is 5.06. The average Bonchev–Trinajstić information content (AvgIpc) is 3.35. The molecule has 1 aromatic heterocycles. The number of piperidine rings is 1. The van der Waals surface area contributed by atoms with Crippen molar-refractivity contribution < 1.29 is 9.13 Å². The van der Waals surface area contributed by atoms with Crippen molar-refractivity contribution in [3.05, 3.63) is 94.6 Å². The smallest absolute Gasteiger partial charge is 0.228 e. The highest BCUT2D eigenvalue weighted by atomic mass is 35.5. The number of aromatic nitrogens is 1. The third-order valence-electron chi connectivity index (χ3n) is 8.24. The lowest BCUT2D eigenvalue weighted by Crippen LogP contribution is -2.45. The van der Waals surface area contributed by atoms with Gasteiger partial charge in [-0.25, -0.2) is 4.39 Å². The van der Waals surface area contributed by atoms with E-state index in [0.717, 1.165) is 75.9 Å². The summed E-state index contributed by atoms with van der Waals surface area (Å²) in [6.07, 6.45) is 4.63. The van der Waals surface area contributed by atoms with Crippen LogP contribution in [-0.2, 0) is 13.1 Å². The minimum absolute atomic E-state index is 0.547. The third kappa shape index (κ3) is 5.99. The maximum atomic E-state index is 12.6. The molecular formula is C32H36ClFN4O. The van der Waals surface area contributed by atoms with Gasteiger partial charge in [-0.1, -0.05) is 35.9 Å².